The van der Waals surface area contributed by atoms with Gasteiger partial charge in [-0.15, -0.1) is 0 Å². The van der Waals surface area contributed by atoms with Crippen molar-refractivity contribution in [3.63, 3.8) is 0 Å². The molecule has 2 aromatic heterocycles. The Hall–Kier alpha value is -2.84. The lowest BCUT2D eigenvalue weighted by molar-refractivity contribution is 0.0844. The number of aryl methyl sites for hydroxylation is 1. The Bertz CT molecular complexity index is 968. The van der Waals surface area contributed by atoms with Crippen LogP contribution >= 0.6 is 0 Å². The molecule has 0 amide bonds. The minimum atomic E-state index is -0.393. The molecule has 0 aliphatic carbocycles. The zero-order chi connectivity index (χ0) is 20.2. The van der Waals surface area contributed by atoms with E-state index in [4.69, 9.17) is 15.2 Å². The Balaban J connectivity index is 1.62. The van der Waals surface area contributed by atoms with E-state index in [-0.39, 0.29) is 0 Å². The summed E-state index contributed by atoms with van der Waals surface area (Å²) < 4.78 is 27.1. The summed E-state index contributed by atoms with van der Waals surface area (Å²) in [6.45, 7) is 2.01. The lowest BCUT2D eigenvalue weighted by Gasteiger charge is -2.19. The Kier molecular flexibility index (Phi) is 5.82. The highest BCUT2D eigenvalue weighted by Crippen LogP contribution is 2.34. The van der Waals surface area contributed by atoms with Gasteiger partial charge in [0.25, 0.3) is 0 Å². The van der Waals surface area contributed by atoms with Crippen molar-refractivity contribution in [2.24, 2.45) is 12.8 Å². The first-order valence-corrected chi connectivity index (χ1v) is 9.74. The summed E-state index contributed by atoms with van der Waals surface area (Å²) in [5.41, 5.74) is 8.10. The number of hydrogen-bond donors (Lipinski definition) is 1. The quantitative estimate of drug-likeness (QED) is 0.687. The summed E-state index contributed by atoms with van der Waals surface area (Å²) in [6.07, 6.45) is 6.04. The van der Waals surface area contributed by atoms with Crippen molar-refractivity contribution in [1.82, 2.24) is 19.7 Å². The fourth-order valence-electron chi connectivity index (χ4n) is 3.43. The SMILES string of the molecule is Cn1nc(C2CCOCC2)cc1Oc1cc(F)ccc1-c1ncc(CCN)cn1. The fraction of sp³-hybridized carbons (Fsp3) is 0.381. The lowest BCUT2D eigenvalue weighted by atomic mass is 9.97. The largest absolute Gasteiger partial charge is 0.438 e. The van der Waals surface area contributed by atoms with E-state index in [0.29, 0.717) is 41.9 Å². The second-order valence-corrected chi connectivity index (χ2v) is 7.11. The Morgan fingerprint density at radius 2 is 1.97 bits per heavy atom. The van der Waals surface area contributed by atoms with Gasteiger partial charge in [-0.05, 0) is 43.5 Å². The Labute approximate surface area is 168 Å². The number of nitrogens with two attached hydrogens (primary N) is 1. The molecule has 0 saturated carbocycles. The first kappa shape index (κ1) is 19.5. The molecular formula is C21H24FN5O2. The first-order valence-electron chi connectivity index (χ1n) is 9.74. The zero-order valence-electron chi connectivity index (χ0n) is 16.3. The van der Waals surface area contributed by atoms with Crippen LogP contribution < -0.4 is 10.5 Å². The molecule has 3 aromatic rings. The molecular weight excluding hydrogens is 373 g/mol. The minimum Gasteiger partial charge on any atom is -0.438 e. The van der Waals surface area contributed by atoms with Crippen LogP contribution in [0.3, 0.4) is 0 Å². The summed E-state index contributed by atoms with van der Waals surface area (Å²) >= 11 is 0. The van der Waals surface area contributed by atoms with Crippen molar-refractivity contribution in [3.8, 4) is 23.0 Å². The normalized spacial score (nSPS) is 14.9. The third kappa shape index (κ3) is 4.44. The molecule has 1 fully saturated rings. The van der Waals surface area contributed by atoms with Crippen molar-refractivity contribution >= 4 is 0 Å². The van der Waals surface area contributed by atoms with E-state index >= 15 is 0 Å². The fourth-order valence-corrected chi connectivity index (χ4v) is 3.43. The van der Waals surface area contributed by atoms with Crippen LogP contribution in [-0.4, -0.2) is 39.5 Å². The van der Waals surface area contributed by atoms with Gasteiger partial charge in [0.15, 0.2) is 5.82 Å². The molecule has 1 saturated heterocycles. The molecule has 152 valence electrons. The highest BCUT2D eigenvalue weighted by atomic mass is 19.1. The van der Waals surface area contributed by atoms with Crippen LogP contribution in [-0.2, 0) is 18.2 Å². The molecule has 1 aliphatic heterocycles. The second kappa shape index (κ2) is 8.67. The van der Waals surface area contributed by atoms with E-state index in [1.807, 2.05) is 13.1 Å². The maximum atomic E-state index is 14.0. The zero-order valence-corrected chi connectivity index (χ0v) is 16.3. The topological polar surface area (TPSA) is 88.1 Å². The van der Waals surface area contributed by atoms with E-state index in [1.165, 1.54) is 12.1 Å². The van der Waals surface area contributed by atoms with Gasteiger partial charge in [0.2, 0.25) is 5.88 Å². The van der Waals surface area contributed by atoms with Gasteiger partial charge < -0.3 is 15.2 Å². The maximum absolute atomic E-state index is 14.0. The molecule has 29 heavy (non-hydrogen) atoms. The summed E-state index contributed by atoms with van der Waals surface area (Å²) in [5.74, 6) is 1.30. The molecule has 0 bridgehead atoms. The van der Waals surface area contributed by atoms with Gasteiger partial charge in [0, 0.05) is 50.7 Å². The van der Waals surface area contributed by atoms with Crippen LogP contribution in [0, 0.1) is 5.82 Å². The van der Waals surface area contributed by atoms with Gasteiger partial charge in [0.05, 0.1) is 11.3 Å². The molecule has 0 atom stereocenters. The number of nitrogens with zero attached hydrogens (tertiary/aromatic N) is 4. The van der Waals surface area contributed by atoms with Crippen LogP contribution in [0.25, 0.3) is 11.4 Å². The average Bonchev–Trinajstić information content (AvgIpc) is 3.10. The number of ether oxygens (including phenoxy) is 2. The summed E-state index contributed by atoms with van der Waals surface area (Å²) in [7, 11) is 1.81. The van der Waals surface area contributed by atoms with E-state index in [1.54, 1.807) is 23.1 Å². The molecule has 1 aromatic carbocycles. The second-order valence-electron chi connectivity index (χ2n) is 7.11. The molecule has 1 aliphatic rings. The summed E-state index contributed by atoms with van der Waals surface area (Å²) in [5, 5.41) is 4.59. The lowest BCUT2D eigenvalue weighted by Crippen LogP contribution is -2.14. The minimum absolute atomic E-state index is 0.345. The van der Waals surface area contributed by atoms with Crippen molar-refractivity contribution < 1.29 is 13.9 Å². The maximum Gasteiger partial charge on any atom is 0.217 e. The van der Waals surface area contributed by atoms with Crippen molar-refractivity contribution in [3.05, 3.63) is 53.7 Å². The molecule has 3 heterocycles. The predicted molar refractivity (Wildman–Crippen MR) is 106 cm³/mol. The number of halogens is 1. The van der Waals surface area contributed by atoms with E-state index in [9.17, 15) is 4.39 Å². The molecule has 0 radical (unpaired) electrons. The van der Waals surface area contributed by atoms with Crippen LogP contribution in [0.5, 0.6) is 11.6 Å². The number of aromatic nitrogens is 4. The number of rotatable bonds is 6. The van der Waals surface area contributed by atoms with Gasteiger partial charge in [-0.3, -0.25) is 0 Å². The molecule has 0 unspecified atom stereocenters. The van der Waals surface area contributed by atoms with Gasteiger partial charge in [-0.2, -0.15) is 5.10 Å². The van der Waals surface area contributed by atoms with Crippen LogP contribution in [0.15, 0.2) is 36.7 Å². The standard InChI is InChI=1S/C21H24FN5O2/c1-27-20(11-18(26-27)15-5-8-28-9-6-15)29-19-10-16(22)2-3-17(19)21-24-12-14(4-7-23)13-25-21/h2-3,10-13,15H,4-9,23H2,1H3. The molecule has 7 nitrogen and oxygen atoms in total. The summed E-state index contributed by atoms with van der Waals surface area (Å²) in [6, 6.07) is 6.25. The highest BCUT2D eigenvalue weighted by molar-refractivity contribution is 5.64. The van der Waals surface area contributed by atoms with E-state index in [2.05, 4.69) is 15.1 Å². The average molecular weight is 397 g/mol. The first-order chi connectivity index (χ1) is 14.1. The van der Waals surface area contributed by atoms with Crippen molar-refractivity contribution in [1.29, 1.82) is 0 Å². The predicted octanol–water partition coefficient (Wildman–Crippen LogP) is 3.20. The van der Waals surface area contributed by atoms with E-state index < -0.39 is 5.82 Å². The van der Waals surface area contributed by atoms with Gasteiger partial charge >= 0.3 is 0 Å². The third-order valence-electron chi connectivity index (χ3n) is 5.03. The Morgan fingerprint density at radius 3 is 2.69 bits per heavy atom. The monoisotopic (exact) mass is 397 g/mol. The third-order valence-corrected chi connectivity index (χ3v) is 5.03. The molecule has 8 heteroatoms. The van der Waals surface area contributed by atoms with Gasteiger partial charge in [-0.1, -0.05) is 0 Å². The van der Waals surface area contributed by atoms with Crippen molar-refractivity contribution in [2.75, 3.05) is 19.8 Å². The van der Waals surface area contributed by atoms with Crippen LogP contribution in [0.1, 0.15) is 30.0 Å². The van der Waals surface area contributed by atoms with Gasteiger partial charge in [0.1, 0.15) is 11.6 Å². The smallest absolute Gasteiger partial charge is 0.217 e. The molecule has 2 N–H and O–H groups in total. The Morgan fingerprint density at radius 1 is 1.21 bits per heavy atom. The summed E-state index contributed by atoms with van der Waals surface area (Å²) in [4.78, 5) is 8.79. The number of benzene rings is 1. The molecule has 0 spiro atoms. The van der Waals surface area contributed by atoms with Crippen LogP contribution in [0.2, 0.25) is 0 Å². The van der Waals surface area contributed by atoms with Gasteiger partial charge in [-0.25, -0.2) is 19.0 Å². The highest BCUT2D eigenvalue weighted by Gasteiger charge is 2.21. The molecule has 4 rings (SSSR count). The van der Waals surface area contributed by atoms with E-state index in [0.717, 1.165) is 37.3 Å². The van der Waals surface area contributed by atoms with Crippen molar-refractivity contribution in [2.45, 2.75) is 25.2 Å². The number of hydrogen-bond acceptors (Lipinski definition) is 6. The van der Waals surface area contributed by atoms with Crippen LogP contribution in [0.4, 0.5) is 4.39 Å².